The Morgan fingerprint density at radius 2 is 2.04 bits per heavy atom. The van der Waals surface area contributed by atoms with Crippen LogP contribution in [0.15, 0.2) is 54.2 Å². The Hall–Kier alpha value is -2.08. The van der Waals surface area contributed by atoms with Crippen LogP contribution in [-0.2, 0) is 19.7 Å². The highest BCUT2D eigenvalue weighted by Gasteiger charge is 2.13. The third-order valence-electron chi connectivity index (χ3n) is 3.71. The fourth-order valence-corrected chi connectivity index (χ4v) is 3.40. The molecule has 0 aliphatic rings. The summed E-state index contributed by atoms with van der Waals surface area (Å²) in [4.78, 5) is 5.27. The summed E-state index contributed by atoms with van der Waals surface area (Å²) in [5, 5.41) is 4.80. The molecule has 0 radical (unpaired) electrons. The van der Waals surface area contributed by atoms with E-state index in [1.54, 1.807) is 24.6 Å². The zero-order chi connectivity index (χ0) is 17.5. The summed E-state index contributed by atoms with van der Waals surface area (Å²) in [6, 6.07) is 12.0. The minimum Gasteiger partial charge on any atom is -0.493 e. The second-order valence-corrected chi connectivity index (χ2v) is 6.97. The Morgan fingerprint density at radius 1 is 1.16 bits per heavy atom. The molecule has 0 aliphatic carbocycles. The lowest BCUT2D eigenvalue weighted by Crippen LogP contribution is -2.80. The fourth-order valence-electron chi connectivity index (χ4n) is 2.49. The predicted molar refractivity (Wildman–Crippen MR) is 100 cm³/mol. The van der Waals surface area contributed by atoms with E-state index >= 15 is 0 Å². The molecule has 0 saturated heterocycles. The van der Waals surface area contributed by atoms with Crippen molar-refractivity contribution in [3.05, 3.63) is 75.2 Å². The van der Waals surface area contributed by atoms with E-state index in [0.29, 0.717) is 23.1 Å². The number of methoxy groups -OCH3 is 1. The van der Waals surface area contributed by atoms with Crippen molar-refractivity contribution in [2.24, 2.45) is 0 Å². The molecule has 6 heteroatoms. The predicted octanol–water partition coefficient (Wildman–Crippen LogP) is 3.65. The molecule has 0 saturated carbocycles. The Bertz CT molecular complexity index is 795. The lowest BCUT2D eigenvalue weighted by atomic mass is 10.2. The van der Waals surface area contributed by atoms with Crippen LogP contribution in [0.4, 0.5) is 0 Å². The van der Waals surface area contributed by atoms with E-state index < -0.39 is 0 Å². The van der Waals surface area contributed by atoms with E-state index in [0.717, 1.165) is 23.5 Å². The number of quaternary nitrogens is 1. The summed E-state index contributed by atoms with van der Waals surface area (Å²) < 4.78 is 11.3. The molecular formula is C19H20ClN2O2S+. The van der Waals surface area contributed by atoms with Gasteiger partial charge in [-0.25, -0.2) is 0 Å². The first-order chi connectivity index (χ1) is 12.3. The van der Waals surface area contributed by atoms with Crippen molar-refractivity contribution in [2.45, 2.75) is 19.7 Å². The van der Waals surface area contributed by atoms with Gasteiger partial charge >= 0.3 is 0 Å². The molecule has 0 fully saturated rings. The summed E-state index contributed by atoms with van der Waals surface area (Å²) in [7, 11) is 1.63. The molecule has 0 aliphatic heterocycles. The van der Waals surface area contributed by atoms with Gasteiger partial charge in [-0.1, -0.05) is 23.7 Å². The molecule has 0 unspecified atom stereocenters. The molecule has 25 heavy (non-hydrogen) atoms. The number of hydrogen-bond acceptors (Lipinski definition) is 4. The maximum atomic E-state index is 6.42. The second-order valence-electron chi connectivity index (χ2n) is 5.54. The van der Waals surface area contributed by atoms with Crippen molar-refractivity contribution in [1.29, 1.82) is 0 Å². The number of aromatic nitrogens is 1. The Labute approximate surface area is 156 Å². The molecule has 2 aromatic heterocycles. The first-order valence-corrected chi connectivity index (χ1v) is 9.24. The third kappa shape index (κ3) is 4.95. The van der Waals surface area contributed by atoms with Crippen LogP contribution in [0, 0.1) is 0 Å². The van der Waals surface area contributed by atoms with Crippen molar-refractivity contribution >= 4 is 22.9 Å². The van der Waals surface area contributed by atoms with Gasteiger partial charge in [0, 0.05) is 28.4 Å². The number of thiophene rings is 1. The summed E-state index contributed by atoms with van der Waals surface area (Å²) in [6.45, 7) is 2.15. The normalized spacial score (nSPS) is 10.6. The van der Waals surface area contributed by atoms with Gasteiger partial charge in [-0.15, -0.1) is 11.3 Å². The van der Waals surface area contributed by atoms with Crippen LogP contribution >= 0.6 is 22.9 Å². The smallest absolute Gasteiger partial charge is 0.180 e. The van der Waals surface area contributed by atoms with E-state index in [9.17, 15) is 0 Å². The lowest BCUT2D eigenvalue weighted by Gasteiger charge is -2.13. The van der Waals surface area contributed by atoms with Crippen molar-refractivity contribution in [1.82, 2.24) is 4.98 Å². The summed E-state index contributed by atoms with van der Waals surface area (Å²) in [6.07, 6.45) is 3.66. The standard InChI is InChI=1S/C19H19ClN2O2S/c1-23-18-9-15(12-22-11-14-4-2-6-21-10-14)8-17(20)19(18)24-13-16-5-3-7-25-16/h2-10,22H,11-13H2,1H3/p+1. The van der Waals surface area contributed by atoms with Crippen molar-refractivity contribution in [2.75, 3.05) is 7.11 Å². The maximum absolute atomic E-state index is 6.42. The first-order valence-electron chi connectivity index (χ1n) is 7.98. The van der Waals surface area contributed by atoms with Gasteiger partial charge in [0.1, 0.15) is 19.7 Å². The molecule has 0 amide bonds. The highest BCUT2D eigenvalue weighted by Crippen LogP contribution is 2.37. The van der Waals surface area contributed by atoms with E-state index in [1.165, 1.54) is 5.56 Å². The van der Waals surface area contributed by atoms with Crippen LogP contribution in [0.2, 0.25) is 5.02 Å². The number of benzene rings is 1. The third-order valence-corrected chi connectivity index (χ3v) is 4.84. The topological polar surface area (TPSA) is 48.0 Å². The van der Waals surface area contributed by atoms with Gasteiger partial charge in [-0.3, -0.25) is 4.98 Å². The van der Waals surface area contributed by atoms with Crippen LogP contribution < -0.4 is 14.8 Å². The number of halogens is 1. The summed E-state index contributed by atoms with van der Waals surface area (Å²) in [5.74, 6) is 1.25. The van der Waals surface area contributed by atoms with E-state index in [-0.39, 0.29) is 0 Å². The highest BCUT2D eigenvalue weighted by molar-refractivity contribution is 7.09. The minimum absolute atomic E-state index is 0.486. The number of pyridine rings is 1. The van der Waals surface area contributed by atoms with Gasteiger partial charge in [0.15, 0.2) is 11.5 Å². The second kappa shape index (κ2) is 8.85. The van der Waals surface area contributed by atoms with E-state index in [4.69, 9.17) is 21.1 Å². The minimum atomic E-state index is 0.486. The SMILES string of the molecule is COc1cc(C[NH2+]Cc2cccnc2)cc(Cl)c1OCc1cccs1. The van der Waals surface area contributed by atoms with Crippen LogP contribution in [-0.4, -0.2) is 12.1 Å². The van der Waals surface area contributed by atoms with Crippen LogP contribution in [0.3, 0.4) is 0 Å². The number of nitrogens with zero attached hydrogens (tertiary/aromatic N) is 1. The van der Waals surface area contributed by atoms with Gasteiger partial charge in [-0.05, 0) is 29.6 Å². The lowest BCUT2D eigenvalue weighted by molar-refractivity contribution is -0.686. The Balaban J connectivity index is 1.64. The van der Waals surface area contributed by atoms with Crippen LogP contribution in [0.1, 0.15) is 16.0 Å². The molecule has 0 atom stereocenters. The van der Waals surface area contributed by atoms with E-state index in [1.807, 2.05) is 41.9 Å². The average molecular weight is 376 g/mol. The van der Waals surface area contributed by atoms with Gasteiger partial charge in [0.2, 0.25) is 0 Å². The monoisotopic (exact) mass is 375 g/mol. The highest BCUT2D eigenvalue weighted by atomic mass is 35.5. The molecular weight excluding hydrogens is 356 g/mol. The average Bonchev–Trinajstić information content (AvgIpc) is 3.15. The van der Waals surface area contributed by atoms with Gasteiger partial charge < -0.3 is 14.8 Å². The first kappa shape index (κ1) is 17.7. The Kier molecular flexibility index (Phi) is 6.28. The maximum Gasteiger partial charge on any atom is 0.180 e. The van der Waals surface area contributed by atoms with Gasteiger partial charge in [-0.2, -0.15) is 0 Å². The molecule has 2 heterocycles. The summed E-state index contributed by atoms with van der Waals surface area (Å²) >= 11 is 8.08. The number of nitrogens with two attached hydrogens (primary N) is 1. The largest absolute Gasteiger partial charge is 0.493 e. The number of rotatable bonds is 8. The molecule has 3 aromatic rings. The number of ether oxygens (including phenoxy) is 2. The Morgan fingerprint density at radius 3 is 2.76 bits per heavy atom. The zero-order valence-electron chi connectivity index (χ0n) is 13.9. The number of hydrogen-bond donors (Lipinski definition) is 1. The summed E-state index contributed by atoms with van der Waals surface area (Å²) in [5.41, 5.74) is 2.28. The van der Waals surface area contributed by atoms with Crippen molar-refractivity contribution in [3.63, 3.8) is 0 Å². The molecule has 0 bridgehead atoms. The molecule has 2 N–H and O–H groups in total. The zero-order valence-corrected chi connectivity index (χ0v) is 15.5. The van der Waals surface area contributed by atoms with Gasteiger partial charge in [0.05, 0.1) is 12.1 Å². The quantitative estimate of drug-likeness (QED) is 0.653. The molecule has 4 nitrogen and oxygen atoms in total. The molecule has 130 valence electrons. The van der Waals surface area contributed by atoms with Crippen LogP contribution in [0.5, 0.6) is 11.5 Å². The molecule has 1 aromatic carbocycles. The van der Waals surface area contributed by atoms with Crippen molar-refractivity contribution in [3.8, 4) is 11.5 Å². The van der Waals surface area contributed by atoms with Crippen LogP contribution in [0.25, 0.3) is 0 Å². The fraction of sp³-hybridized carbons (Fsp3) is 0.211. The van der Waals surface area contributed by atoms with E-state index in [2.05, 4.69) is 16.4 Å². The van der Waals surface area contributed by atoms with Gasteiger partial charge in [0.25, 0.3) is 0 Å². The molecule has 3 rings (SSSR count). The van der Waals surface area contributed by atoms with Crippen molar-refractivity contribution < 1.29 is 14.8 Å². The molecule has 0 spiro atoms.